The first-order valence-corrected chi connectivity index (χ1v) is 8.67. The Morgan fingerprint density at radius 2 is 1.96 bits per heavy atom. The smallest absolute Gasteiger partial charge is 0.158 e. The monoisotopic (exact) mass is 315 g/mol. The first kappa shape index (κ1) is 15.2. The molecule has 1 saturated heterocycles. The van der Waals surface area contributed by atoms with E-state index in [0.717, 1.165) is 43.9 Å². The molecule has 0 bridgehead atoms. The molecule has 3 nitrogen and oxygen atoms in total. The molecule has 0 unspecified atom stereocenters. The van der Waals surface area contributed by atoms with Gasteiger partial charge in [-0.1, -0.05) is 0 Å². The third kappa shape index (κ3) is 3.02. The number of benzene rings is 1. The van der Waals surface area contributed by atoms with E-state index < -0.39 is 0 Å². The van der Waals surface area contributed by atoms with Crippen molar-refractivity contribution in [3.8, 4) is 0 Å². The molecule has 2 heterocycles. The highest BCUT2D eigenvalue weighted by molar-refractivity contribution is 5.84. The van der Waals surface area contributed by atoms with E-state index in [-0.39, 0.29) is 5.82 Å². The number of halogens is 1. The highest BCUT2D eigenvalue weighted by Gasteiger charge is 2.27. The van der Waals surface area contributed by atoms with E-state index in [1.54, 1.807) is 19.1 Å². The van der Waals surface area contributed by atoms with Gasteiger partial charge < -0.3 is 9.67 Å². The summed E-state index contributed by atoms with van der Waals surface area (Å²) in [6.07, 6.45) is 7.36. The number of likely N-dealkylation sites (tertiary alicyclic amines) is 1. The second kappa shape index (κ2) is 5.91. The molecule has 1 aromatic carbocycles. The van der Waals surface area contributed by atoms with Crippen LogP contribution >= 0.6 is 0 Å². The quantitative estimate of drug-likeness (QED) is 0.913. The first-order chi connectivity index (χ1) is 11.1. The summed E-state index contributed by atoms with van der Waals surface area (Å²) >= 11 is 0. The van der Waals surface area contributed by atoms with Crippen molar-refractivity contribution in [3.63, 3.8) is 0 Å². The molecular formula is C19H24FN2O. The number of rotatable bonds is 4. The summed E-state index contributed by atoms with van der Waals surface area (Å²) in [5.74, 6) is 1.12. The van der Waals surface area contributed by atoms with Crippen LogP contribution in [0.1, 0.15) is 44.1 Å². The minimum atomic E-state index is -0.153. The molecule has 4 heteroatoms. The van der Waals surface area contributed by atoms with Gasteiger partial charge in [0.2, 0.25) is 0 Å². The molecule has 1 aliphatic carbocycles. The van der Waals surface area contributed by atoms with Crippen LogP contribution in [0.15, 0.2) is 24.4 Å². The summed E-state index contributed by atoms with van der Waals surface area (Å²) in [4.78, 5) is 2.04. The van der Waals surface area contributed by atoms with Crippen LogP contribution < -0.4 is 0 Å². The molecule has 4 rings (SSSR count). The van der Waals surface area contributed by atoms with Gasteiger partial charge in [-0.15, -0.1) is 0 Å². The van der Waals surface area contributed by atoms with Crippen molar-refractivity contribution in [3.05, 3.63) is 42.0 Å². The van der Waals surface area contributed by atoms with E-state index in [0.29, 0.717) is 12.1 Å². The predicted molar refractivity (Wildman–Crippen MR) is 89.0 cm³/mol. The fourth-order valence-corrected chi connectivity index (χ4v) is 3.86. The van der Waals surface area contributed by atoms with E-state index in [2.05, 4.69) is 10.8 Å². The van der Waals surface area contributed by atoms with E-state index in [1.807, 2.05) is 11.0 Å². The average molecular weight is 315 g/mol. The van der Waals surface area contributed by atoms with Crippen molar-refractivity contribution < 1.29 is 9.50 Å². The Bertz CT molecular complexity index is 697. The average Bonchev–Trinajstić information content (AvgIpc) is 3.29. The molecule has 123 valence electrons. The summed E-state index contributed by atoms with van der Waals surface area (Å²) in [5.41, 5.74) is 2.40. The van der Waals surface area contributed by atoms with Gasteiger partial charge in [-0.3, -0.25) is 4.90 Å². The summed E-state index contributed by atoms with van der Waals surface area (Å²) in [7, 11) is 0. The summed E-state index contributed by atoms with van der Waals surface area (Å²) < 4.78 is 16.0. The van der Waals surface area contributed by atoms with Crippen LogP contribution in [0.3, 0.4) is 0 Å². The lowest BCUT2D eigenvalue weighted by Crippen LogP contribution is -2.34. The van der Waals surface area contributed by atoms with E-state index in [4.69, 9.17) is 0 Å². The standard InChI is InChI=1S/C19H24FN2O/c1-13(23)21-8-6-15(7-9-21)18-12-22(11-14-2-3-14)19-10-16(20)4-5-17(18)19/h4-5,10,12,14-15,23H,2-3,6-9,11H2,1H3. The molecule has 0 spiro atoms. The molecule has 2 fully saturated rings. The van der Waals surface area contributed by atoms with Crippen LogP contribution in [0.5, 0.6) is 0 Å². The van der Waals surface area contributed by atoms with Crippen LogP contribution in [0, 0.1) is 18.0 Å². The molecule has 23 heavy (non-hydrogen) atoms. The third-order valence-electron chi connectivity index (χ3n) is 5.42. The molecule has 0 amide bonds. The van der Waals surface area contributed by atoms with Gasteiger partial charge in [0, 0.05) is 31.2 Å². The maximum Gasteiger partial charge on any atom is 0.158 e. The van der Waals surface area contributed by atoms with Gasteiger partial charge in [0.15, 0.2) is 6.23 Å². The van der Waals surface area contributed by atoms with Crippen LogP contribution in [-0.2, 0) is 6.54 Å². The van der Waals surface area contributed by atoms with Gasteiger partial charge in [-0.2, -0.15) is 0 Å². The van der Waals surface area contributed by atoms with Crippen LogP contribution in [-0.4, -0.2) is 27.7 Å². The second-order valence-corrected chi connectivity index (χ2v) is 7.15. The zero-order valence-electron chi connectivity index (χ0n) is 13.6. The molecular weight excluding hydrogens is 291 g/mol. The SMILES string of the molecule is C[C](O)N1CCC(c2cn(CC3CC3)c3cc(F)ccc23)CC1. The number of aliphatic hydroxyl groups is 1. The molecule has 2 aromatic rings. The largest absolute Gasteiger partial charge is 0.371 e. The number of piperidine rings is 1. The Morgan fingerprint density at radius 3 is 2.61 bits per heavy atom. The lowest BCUT2D eigenvalue weighted by Gasteiger charge is -2.32. The Labute approximate surface area is 136 Å². The van der Waals surface area contributed by atoms with Crippen molar-refractivity contribution in [2.75, 3.05) is 13.1 Å². The number of fused-ring (bicyclic) bond motifs is 1. The summed E-state index contributed by atoms with van der Waals surface area (Å²) in [6, 6.07) is 5.20. The highest BCUT2D eigenvalue weighted by atomic mass is 19.1. The van der Waals surface area contributed by atoms with Crippen LogP contribution in [0.2, 0.25) is 0 Å². The van der Waals surface area contributed by atoms with Gasteiger partial charge in [-0.25, -0.2) is 4.39 Å². The van der Waals surface area contributed by atoms with Gasteiger partial charge >= 0.3 is 0 Å². The lowest BCUT2D eigenvalue weighted by atomic mass is 9.89. The fraction of sp³-hybridized carbons (Fsp3) is 0.526. The number of hydrogen-bond acceptors (Lipinski definition) is 2. The Hall–Kier alpha value is -1.39. The van der Waals surface area contributed by atoms with Crippen molar-refractivity contribution >= 4 is 10.9 Å². The molecule has 1 N–H and O–H groups in total. The Balaban J connectivity index is 1.64. The maximum absolute atomic E-state index is 13.7. The van der Waals surface area contributed by atoms with Crippen molar-refractivity contribution in [2.24, 2.45) is 5.92 Å². The first-order valence-electron chi connectivity index (χ1n) is 8.67. The molecule has 1 aliphatic heterocycles. The van der Waals surface area contributed by atoms with Crippen molar-refractivity contribution in [1.29, 1.82) is 0 Å². The van der Waals surface area contributed by atoms with E-state index >= 15 is 0 Å². The maximum atomic E-state index is 13.7. The fourth-order valence-electron chi connectivity index (χ4n) is 3.86. The number of hydrogen-bond donors (Lipinski definition) is 1. The zero-order chi connectivity index (χ0) is 16.0. The highest BCUT2D eigenvalue weighted by Crippen LogP contribution is 2.38. The molecule has 1 saturated carbocycles. The van der Waals surface area contributed by atoms with Crippen molar-refractivity contribution in [2.45, 2.75) is 45.1 Å². The summed E-state index contributed by atoms with van der Waals surface area (Å²) in [5, 5.41) is 10.8. The number of nitrogens with zero attached hydrogens (tertiary/aromatic N) is 2. The predicted octanol–water partition coefficient (Wildman–Crippen LogP) is 4.25. The number of aliphatic hydroxyl groups excluding tert-OH is 1. The van der Waals surface area contributed by atoms with Crippen LogP contribution in [0.25, 0.3) is 10.9 Å². The van der Waals surface area contributed by atoms with Gasteiger partial charge in [0.1, 0.15) is 5.82 Å². The summed E-state index contributed by atoms with van der Waals surface area (Å²) in [6.45, 7) is 4.56. The Morgan fingerprint density at radius 1 is 1.22 bits per heavy atom. The topological polar surface area (TPSA) is 28.4 Å². The minimum absolute atomic E-state index is 0.153. The van der Waals surface area contributed by atoms with Gasteiger partial charge in [0.25, 0.3) is 0 Å². The molecule has 1 radical (unpaired) electrons. The third-order valence-corrected chi connectivity index (χ3v) is 5.42. The molecule has 1 aromatic heterocycles. The molecule has 0 atom stereocenters. The van der Waals surface area contributed by atoms with E-state index in [1.165, 1.54) is 23.8 Å². The van der Waals surface area contributed by atoms with Gasteiger partial charge in [0.05, 0.1) is 5.52 Å². The normalized spacial score (nSPS) is 20.7. The lowest BCUT2D eigenvalue weighted by molar-refractivity contribution is 0.0962. The number of aromatic nitrogens is 1. The van der Waals surface area contributed by atoms with E-state index in [9.17, 15) is 9.50 Å². The molecule has 2 aliphatic rings. The van der Waals surface area contributed by atoms with Gasteiger partial charge in [-0.05, 0) is 68.2 Å². The zero-order valence-corrected chi connectivity index (χ0v) is 13.6. The second-order valence-electron chi connectivity index (χ2n) is 7.15. The Kier molecular flexibility index (Phi) is 3.90. The van der Waals surface area contributed by atoms with Crippen molar-refractivity contribution in [1.82, 2.24) is 9.47 Å². The van der Waals surface area contributed by atoms with Crippen LogP contribution in [0.4, 0.5) is 4.39 Å². The minimum Gasteiger partial charge on any atom is -0.371 e.